The fourth-order valence-corrected chi connectivity index (χ4v) is 4.50. The molecule has 2 heterocycles. The molecule has 8 heteroatoms. The number of phenolic OH excluding ortho intramolecular Hbond substituents is 1. The molecule has 1 fully saturated rings. The Morgan fingerprint density at radius 2 is 1.73 bits per heavy atom. The van der Waals surface area contributed by atoms with Crippen LogP contribution < -0.4 is 4.90 Å². The highest BCUT2D eigenvalue weighted by atomic mass is 32.2. The number of para-hydroxylation sites is 3. The van der Waals surface area contributed by atoms with Gasteiger partial charge in [0.15, 0.2) is 5.16 Å². The van der Waals surface area contributed by atoms with Crippen molar-refractivity contribution in [1.82, 2.24) is 19.7 Å². The van der Waals surface area contributed by atoms with Gasteiger partial charge in [-0.15, -0.1) is 10.2 Å². The summed E-state index contributed by atoms with van der Waals surface area (Å²) in [5.74, 6) is 0.693. The van der Waals surface area contributed by atoms with Crippen molar-refractivity contribution >= 4 is 23.4 Å². The van der Waals surface area contributed by atoms with E-state index in [1.807, 2.05) is 45.9 Å². The number of carbonyl (C=O) groups is 1. The van der Waals surface area contributed by atoms with E-state index in [2.05, 4.69) is 28.1 Å². The molecule has 0 spiro atoms. The number of piperazine rings is 1. The highest BCUT2D eigenvalue weighted by Gasteiger charge is 2.23. The first kappa shape index (κ1) is 20.3. The fourth-order valence-electron chi connectivity index (χ4n) is 3.68. The largest absolute Gasteiger partial charge is 0.506 e. The van der Waals surface area contributed by atoms with E-state index in [0.29, 0.717) is 31.9 Å². The normalized spacial score (nSPS) is 14.2. The summed E-state index contributed by atoms with van der Waals surface area (Å²) in [4.78, 5) is 16.7. The lowest BCUT2D eigenvalue weighted by molar-refractivity contribution is -0.128. The zero-order valence-electron chi connectivity index (χ0n) is 16.9. The van der Waals surface area contributed by atoms with Gasteiger partial charge in [-0.1, -0.05) is 49.0 Å². The molecule has 1 amide bonds. The number of aromatic hydroxyl groups is 1. The average molecular weight is 424 g/mol. The molecule has 2 aromatic carbocycles. The third-order valence-corrected chi connectivity index (χ3v) is 6.26. The number of benzene rings is 2. The van der Waals surface area contributed by atoms with Crippen LogP contribution in [0.4, 0.5) is 5.69 Å². The van der Waals surface area contributed by atoms with E-state index >= 15 is 0 Å². The lowest BCUT2D eigenvalue weighted by Gasteiger charge is -2.36. The van der Waals surface area contributed by atoms with E-state index in [1.54, 1.807) is 12.4 Å². The molecule has 0 saturated carbocycles. The van der Waals surface area contributed by atoms with Crippen LogP contribution in [0.25, 0.3) is 5.69 Å². The molecule has 156 valence electrons. The van der Waals surface area contributed by atoms with Gasteiger partial charge in [0.1, 0.15) is 12.1 Å². The number of carbonyl (C=O) groups excluding carboxylic acids is 1. The van der Waals surface area contributed by atoms with Crippen molar-refractivity contribution in [3.8, 4) is 11.4 Å². The van der Waals surface area contributed by atoms with Crippen molar-refractivity contribution in [1.29, 1.82) is 0 Å². The first-order valence-electron chi connectivity index (χ1n) is 10.1. The third kappa shape index (κ3) is 4.28. The summed E-state index contributed by atoms with van der Waals surface area (Å²) in [6.07, 6.45) is 2.62. The van der Waals surface area contributed by atoms with E-state index in [1.165, 1.54) is 17.3 Å². The molecule has 1 N–H and O–H groups in total. The van der Waals surface area contributed by atoms with Gasteiger partial charge < -0.3 is 14.9 Å². The summed E-state index contributed by atoms with van der Waals surface area (Å²) in [5.41, 5.74) is 3.09. The van der Waals surface area contributed by atoms with Crippen LogP contribution in [0.2, 0.25) is 0 Å². The molecule has 1 aliphatic heterocycles. The Bertz CT molecular complexity index is 1010. The topological polar surface area (TPSA) is 74.5 Å². The summed E-state index contributed by atoms with van der Waals surface area (Å²) < 4.78 is 1.95. The van der Waals surface area contributed by atoms with Gasteiger partial charge in [0, 0.05) is 26.2 Å². The highest BCUT2D eigenvalue weighted by molar-refractivity contribution is 7.99. The number of nitrogens with zero attached hydrogens (tertiary/aromatic N) is 5. The Hall–Kier alpha value is -3.00. The van der Waals surface area contributed by atoms with Crippen LogP contribution in [0.3, 0.4) is 0 Å². The molecule has 7 nitrogen and oxygen atoms in total. The number of aryl methyl sites for hydroxylation is 1. The summed E-state index contributed by atoms with van der Waals surface area (Å²) in [5, 5.41) is 19.0. The smallest absolute Gasteiger partial charge is 0.233 e. The second-order valence-electron chi connectivity index (χ2n) is 7.11. The molecular formula is C22H25N5O2S. The van der Waals surface area contributed by atoms with E-state index < -0.39 is 0 Å². The maximum atomic E-state index is 12.8. The predicted octanol–water partition coefficient (Wildman–Crippen LogP) is 2.98. The quantitative estimate of drug-likeness (QED) is 0.615. The third-order valence-electron chi connectivity index (χ3n) is 5.33. The van der Waals surface area contributed by atoms with Crippen LogP contribution in [0.15, 0.2) is 60.0 Å². The molecule has 0 atom stereocenters. The van der Waals surface area contributed by atoms with Crippen LogP contribution in [-0.4, -0.2) is 62.6 Å². The minimum absolute atomic E-state index is 0.0928. The lowest BCUT2D eigenvalue weighted by atomic mass is 10.1. The Balaban J connectivity index is 1.35. The summed E-state index contributed by atoms with van der Waals surface area (Å²) >= 11 is 1.41. The first-order chi connectivity index (χ1) is 14.7. The Morgan fingerprint density at radius 1 is 1.03 bits per heavy atom. The van der Waals surface area contributed by atoms with Crippen LogP contribution >= 0.6 is 11.8 Å². The minimum Gasteiger partial charge on any atom is -0.506 e. The summed E-state index contributed by atoms with van der Waals surface area (Å²) in [6.45, 7) is 4.80. The molecule has 0 radical (unpaired) electrons. The van der Waals surface area contributed by atoms with Crippen molar-refractivity contribution in [2.24, 2.45) is 0 Å². The molecule has 1 aromatic heterocycles. The van der Waals surface area contributed by atoms with E-state index in [9.17, 15) is 9.90 Å². The zero-order chi connectivity index (χ0) is 20.9. The molecule has 30 heavy (non-hydrogen) atoms. The van der Waals surface area contributed by atoms with Crippen molar-refractivity contribution in [3.05, 3.63) is 60.4 Å². The number of rotatable bonds is 6. The highest BCUT2D eigenvalue weighted by Crippen LogP contribution is 2.27. The van der Waals surface area contributed by atoms with Gasteiger partial charge in [0.2, 0.25) is 5.91 Å². The number of hydrogen-bond donors (Lipinski definition) is 1. The molecule has 3 aromatic rings. The number of phenols is 1. The second-order valence-corrected chi connectivity index (χ2v) is 8.05. The summed E-state index contributed by atoms with van der Waals surface area (Å²) in [6, 6.07) is 15.5. The number of aromatic nitrogens is 3. The van der Waals surface area contributed by atoms with E-state index in [0.717, 1.165) is 23.0 Å². The van der Waals surface area contributed by atoms with Gasteiger partial charge in [-0.3, -0.25) is 9.36 Å². The number of thioether (sulfide) groups is 1. The fraction of sp³-hybridized carbons (Fsp3) is 0.318. The molecule has 0 aliphatic carbocycles. The van der Waals surface area contributed by atoms with Gasteiger partial charge in [0.05, 0.1) is 17.1 Å². The van der Waals surface area contributed by atoms with Gasteiger partial charge in [-0.05, 0) is 30.2 Å². The average Bonchev–Trinajstić information content (AvgIpc) is 3.26. The molecular weight excluding hydrogens is 398 g/mol. The first-order valence-corrected chi connectivity index (χ1v) is 11.1. The molecule has 1 saturated heterocycles. The van der Waals surface area contributed by atoms with Crippen molar-refractivity contribution < 1.29 is 9.90 Å². The zero-order valence-corrected chi connectivity index (χ0v) is 17.8. The maximum Gasteiger partial charge on any atom is 0.233 e. The van der Waals surface area contributed by atoms with Crippen LogP contribution in [0.1, 0.15) is 12.5 Å². The van der Waals surface area contributed by atoms with Crippen molar-refractivity contribution in [2.75, 3.05) is 36.8 Å². The van der Waals surface area contributed by atoms with Crippen LogP contribution in [0, 0.1) is 0 Å². The molecule has 0 bridgehead atoms. The number of amides is 1. The molecule has 1 aliphatic rings. The van der Waals surface area contributed by atoms with Crippen molar-refractivity contribution in [2.45, 2.75) is 18.5 Å². The van der Waals surface area contributed by atoms with Crippen molar-refractivity contribution in [3.63, 3.8) is 0 Å². The molecule has 0 unspecified atom stereocenters. The number of anilines is 1. The minimum atomic E-state index is 0.0928. The van der Waals surface area contributed by atoms with Gasteiger partial charge in [0.25, 0.3) is 0 Å². The van der Waals surface area contributed by atoms with Crippen LogP contribution in [0.5, 0.6) is 5.75 Å². The van der Waals surface area contributed by atoms with Gasteiger partial charge in [-0.2, -0.15) is 0 Å². The Morgan fingerprint density at radius 3 is 2.47 bits per heavy atom. The Labute approximate surface area is 180 Å². The second kappa shape index (κ2) is 9.21. The lowest BCUT2D eigenvalue weighted by Crippen LogP contribution is -2.49. The number of hydrogen-bond acceptors (Lipinski definition) is 6. The van der Waals surface area contributed by atoms with E-state index in [4.69, 9.17) is 0 Å². The van der Waals surface area contributed by atoms with Gasteiger partial charge >= 0.3 is 0 Å². The van der Waals surface area contributed by atoms with E-state index in [-0.39, 0.29) is 11.7 Å². The standard InChI is InChI=1S/C22H25N5O2S/c1-2-17-7-3-4-8-18(17)27-16-23-24-22(27)30-15-21(29)26-13-11-25(12-14-26)19-9-5-6-10-20(19)28/h3-10,16,28H,2,11-15H2,1H3. The predicted molar refractivity (Wildman–Crippen MR) is 118 cm³/mol. The molecule has 4 rings (SSSR count). The van der Waals surface area contributed by atoms with Crippen LogP contribution in [-0.2, 0) is 11.2 Å². The SMILES string of the molecule is CCc1ccccc1-n1cnnc1SCC(=O)N1CCN(c2ccccc2O)CC1. The van der Waals surface area contributed by atoms with Gasteiger partial charge in [-0.25, -0.2) is 0 Å². The summed E-state index contributed by atoms with van der Waals surface area (Å²) in [7, 11) is 0. The Kier molecular flexibility index (Phi) is 6.23. The maximum absolute atomic E-state index is 12.8. The monoisotopic (exact) mass is 423 g/mol.